The van der Waals surface area contributed by atoms with Gasteiger partial charge >= 0.3 is 0 Å². The van der Waals surface area contributed by atoms with Crippen molar-refractivity contribution in [3.05, 3.63) is 12.4 Å². The molecule has 0 saturated carbocycles. The van der Waals surface area contributed by atoms with Crippen LogP contribution >= 0.6 is 0 Å². The highest BCUT2D eigenvalue weighted by atomic mass is 32.2. The largest absolute Gasteiger partial charge is 0.317 e. The van der Waals surface area contributed by atoms with Crippen LogP contribution in [0.3, 0.4) is 0 Å². The summed E-state index contributed by atoms with van der Waals surface area (Å²) < 4.78 is 27.5. The van der Waals surface area contributed by atoms with Crippen LogP contribution in [-0.4, -0.2) is 49.2 Å². The van der Waals surface area contributed by atoms with Gasteiger partial charge in [-0.15, -0.1) is 0 Å². The maximum absolute atomic E-state index is 12.3. The summed E-state index contributed by atoms with van der Waals surface area (Å²) in [5.74, 6) is 0.447. The second-order valence-electron chi connectivity index (χ2n) is 4.83. The number of nitrogens with one attached hydrogen (secondary N) is 1. The van der Waals surface area contributed by atoms with Crippen molar-refractivity contribution in [2.24, 2.45) is 13.0 Å². The molecule has 1 aliphatic rings. The molecule has 1 aromatic heterocycles. The summed E-state index contributed by atoms with van der Waals surface area (Å²) in [5, 5.41) is 7.19. The lowest BCUT2D eigenvalue weighted by molar-refractivity contribution is 0.311. The van der Waals surface area contributed by atoms with Crippen molar-refractivity contribution in [1.29, 1.82) is 0 Å². The van der Waals surface area contributed by atoms with E-state index in [0.717, 1.165) is 25.9 Å². The van der Waals surface area contributed by atoms with E-state index >= 15 is 0 Å². The Morgan fingerprint density at radius 3 is 2.72 bits per heavy atom. The second kappa shape index (κ2) is 5.38. The number of hydrogen-bond donors (Lipinski definition) is 1. The first-order chi connectivity index (χ1) is 8.50. The van der Waals surface area contributed by atoms with Gasteiger partial charge < -0.3 is 5.32 Å². The Labute approximate surface area is 108 Å². The summed E-state index contributed by atoms with van der Waals surface area (Å²) in [5.41, 5.74) is 0. The Morgan fingerprint density at radius 1 is 1.50 bits per heavy atom. The number of nitrogens with zero attached hydrogens (tertiary/aromatic N) is 3. The molecule has 0 aromatic carbocycles. The van der Waals surface area contributed by atoms with Crippen molar-refractivity contribution in [1.82, 2.24) is 19.4 Å². The smallest absolute Gasteiger partial charge is 0.245 e. The first kappa shape index (κ1) is 13.5. The van der Waals surface area contributed by atoms with E-state index in [2.05, 4.69) is 10.4 Å². The topological polar surface area (TPSA) is 67.2 Å². The van der Waals surface area contributed by atoms with Crippen LogP contribution in [-0.2, 0) is 17.1 Å². The maximum atomic E-state index is 12.3. The third-order valence-electron chi connectivity index (χ3n) is 3.36. The first-order valence-corrected chi connectivity index (χ1v) is 7.60. The fraction of sp³-hybridized carbons (Fsp3) is 0.727. The van der Waals surface area contributed by atoms with Gasteiger partial charge in [0, 0.05) is 26.8 Å². The van der Waals surface area contributed by atoms with E-state index < -0.39 is 10.0 Å². The molecule has 2 rings (SSSR count). The molecule has 7 heteroatoms. The lowest BCUT2D eigenvalue weighted by Crippen LogP contribution is -2.37. The molecule has 0 atom stereocenters. The van der Waals surface area contributed by atoms with Crippen molar-refractivity contribution in [2.75, 3.05) is 26.7 Å². The summed E-state index contributed by atoms with van der Waals surface area (Å²) in [6, 6.07) is 0. The highest BCUT2D eigenvalue weighted by Crippen LogP contribution is 2.18. The van der Waals surface area contributed by atoms with Crippen LogP contribution < -0.4 is 5.32 Å². The minimum absolute atomic E-state index is 0.265. The van der Waals surface area contributed by atoms with Crippen LogP contribution in [0, 0.1) is 5.92 Å². The molecule has 18 heavy (non-hydrogen) atoms. The van der Waals surface area contributed by atoms with Gasteiger partial charge in [0.2, 0.25) is 10.0 Å². The van der Waals surface area contributed by atoms with Crippen LogP contribution in [0.5, 0.6) is 0 Å². The zero-order chi connectivity index (χ0) is 13.2. The van der Waals surface area contributed by atoms with Gasteiger partial charge in [-0.25, -0.2) is 12.7 Å². The molecule has 1 aromatic rings. The van der Waals surface area contributed by atoms with E-state index in [4.69, 9.17) is 0 Å². The van der Waals surface area contributed by atoms with Gasteiger partial charge in [-0.05, 0) is 31.8 Å². The Kier molecular flexibility index (Phi) is 4.04. The number of rotatable bonds is 4. The molecule has 0 spiro atoms. The van der Waals surface area contributed by atoms with Crippen molar-refractivity contribution in [3.8, 4) is 0 Å². The molecule has 1 aliphatic heterocycles. The SMILES string of the molecule is CN(CC1CCNCC1)S(=O)(=O)c1cnn(C)c1. The monoisotopic (exact) mass is 272 g/mol. The summed E-state index contributed by atoms with van der Waals surface area (Å²) in [7, 11) is -0.0306. The summed E-state index contributed by atoms with van der Waals surface area (Å²) in [6.45, 7) is 2.54. The number of aromatic nitrogens is 2. The molecule has 6 nitrogen and oxygen atoms in total. The van der Waals surface area contributed by atoms with Gasteiger partial charge in [-0.2, -0.15) is 5.10 Å². The molecular formula is C11H20N4O2S. The molecule has 1 N–H and O–H groups in total. The summed E-state index contributed by atoms with van der Waals surface area (Å²) in [6.07, 6.45) is 5.00. The predicted octanol–water partition coefficient (Wildman–Crippen LogP) is 0.0402. The van der Waals surface area contributed by atoms with Gasteiger partial charge in [0.05, 0.1) is 6.20 Å². The van der Waals surface area contributed by atoms with Gasteiger partial charge in [0.1, 0.15) is 4.90 Å². The lowest BCUT2D eigenvalue weighted by Gasteiger charge is -2.26. The summed E-state index contributed by atoms with van der Waals surface area (Å²) >= 11 is 0. The lowest BCUT2D eigenvalue weighted by atomic mass is 9.98. The first-order valence-electron chi connectivity index (χ1n) is 6.16. The highest BCUT2D eigenvalue weighted by molar-refractivity contribution is 7.89. The molecule has 1 fully saturated rings. The molecule has 1 saturated heterocycles. The Hall–Kier alpha value is -0.920. The molecule has 0 unspecified atom stereocenters. The predicted molar refractivity (Wildman–Crippen MR) is 68.6 cm³/mol. The van der Waals surface area contributed by atoms with Crippen LogP contribution in [0.25, 0.3) is 0 Å². The fourth-order valence-corrected chi connectivity index (χ4v) is 3.47. The average molecular weight is 272 g/mol. The second-order valence-corrected chi connectivity index (χ2v) is 6.87. The molecule has 102 valence electrons. The molecule has 2 heterocycles. The van der Waals surface area contributed by atoms with E-state index in [0.29, 0.717) is 12.5 Å². The van der Waals surface area contributed by atoms with Crippen molar-refractivity contribution in [3.63, 3.8) is 0 Å². The van der Waals surface area contributed by atoms with Gasteiger partial charge in [0.15, 0.2) is 0 Å². The normalized spacial score (nSPS) is 18.4. The number of hydrogen-bond acceptors (Lipinski definition) is 4. The van der Waals surface area contributed by atoms with E-state index in [9.17, 15) is 8.42 Å². The molecule has 0 amide bonds. The minimum atomic E-state index is -3.39. The highest BCUT2D eigenvalue weighted by Gasteiger charge is 2.25. The third kappa shape index (κ3) is 2.90. The fourth-order valence-electron chi connectivity index (χ4n) is 2.24. The molecule has 0 aliphatic carbocycles. The zero-order valence-electron chi connectivity index (χ0n) is 10.8. The average Bonchev–Trinajstić information content (AvgIpc) is 2.78. The van der Waals surface area contributed by atoms with Crippen LogP contribution in [0.4, 0.5) is 0 Å². The number of piperidine rings is 1. The molecule has 0 bridgehead atoms. The van der Waals surface area contributed by atoms with E-state index in [1.807, 2.05) is 0 Å². The van der Waals surface area contributed by atoms with E-state index in [1.165, 1.54) is 21.4 Å². The van der Waals surface area contributed by atoms with E-state index in [1.54, 1.807) is 14.1 Å². The Morgan fingerprint density at radius 2 is 2.17 bits per heavy atom. The number of sulfonamides is 1. The third-order valence-corrected chi connectivity index (χ3v) is 5.14. The standard InChI is InChI=1S/C11H20N4O2S/c1-14-9-11(7-13-14)18(16,17)15(2)8-10-3-5-12-6-4-10/h7,9-10,12H,3-6,8H2,1-2H3. The van der Waals surface area contributed by atoms with Gasteiger partial charge in [-0.1, -0.05) is 0 Å². The van der Waals surface area contributed by atoms with Crippen LogP contribution in [0.2, 0.25) is 0 Å². The Bertz CT molecular complexity index is 491. The van der Waals surface area contributed by atoms with Gasteiger partial charge in [-0.3, -0.25) is 4.68 Å². The van der Waals surface area contributed by atoms with Crippen molar-refractivity contribution >= 4 is 10.0 Å². The van der Waals surface area contributed by atoms with Crippen LogP contribution in [0.15, 0.2) is 17.3 Å². The van der Waals surface area contributed by atoms with E-state index in [-0.39, 0.29) is 4.90 Å². The number of aryl methyl sites for hydroxylation is 1. The maximum Gasteiger partial charge on any atom is 0.245 e. The summed E-state index contributed by atoms with van der Waals surface area (Å²) in [4.78, 5) is 0.265. The van der Waals surface area contributed by atoms with Gasteiger partial charge in [0.25, 0.3) is 0 Å². The quantitative estimate of drug-likeness (QED) is 0.840. The molecular weight excluding hydrogens is 252 g/mol. The molecule has 0 radical (unpaired) electrons. The Balaban J connectivity index is 2.05. The minimum Gasteiger partial charge on any atom is -0.317 e. The van der Waals surface area contributed by atoms with Crippen molar-refractivity contribution < 1.29 is 8.42 Å². The van der Waals surface area contributed by atoms with Crippen molar-refractivity contribution in [2.45, 2.75) is 17.7 Å². The van der Waals surface area contributed by atoms with Crippen LogP contribution in [0.1, 0.15) is 12.8 Å². The zero-order valence-corrected chi connectivity index (χ0v) is 11.7.